The Balaban J connectivity index is 1.64. The molecule has 0 N–H and O–H groups in total. The van der Waals surface area contributed by atoms with Crippen LogP contribution in [0, 0.1) is 12.8 Å². The molecule has 0 spiro atoms. The number of hydrogen-bond acceptors (Lipinski definition) is 3. The number of hydrogen-bond donors (Lipinski definition) is 0. The highest BCUT2D eigenvalue weighted by Gasteiger charge is 2.41. The van der Waals surface area contributed by atoms with Crippen LogP contribution in [0.25, 0.3) is 11.0 Å². The number of carbonyl (C=O) groups excluding carboxylic acids is 2. The van der Waals surface area contributed by atoms with Gasteiger partial charge in [-0.25, -0.2) is 9.88 Å². The fraction of sp³-hybridized carbons (Fsp3) is 0.250. The number of imidazole rings is 1. The number of benzene rings is 2. The third kappa shape index (κ3) is 2.61. The molecule has 1 atom stereocenters. The van der Waals surface area contributed by atoms with E-state index in [-0.39, 0.29) is 24.2 Å². The van der Waals surface area contributed by atoms with Gasteiger partial charge in [0, 0.05) is 13.5 Å². The van der Waals surface area contributed by atoms with Crippen LogP contribution in [-0.2, 0) is 23.1 Å². The monoisotopic (exact) mass is 333 g/mol. The number of aryl methyl sites for hydroxylation is 2. The van der Waals surface area contributed by atoms with Crippen LogP contribution in [0.5, 0.6) is 0 Å². The van der Waals surface area contributed by atoms with Gasteiger partial charge in [0.1, 0.15) is 0 Å². The summed E-state index contributed by atoms with van der Waals surface area (Å²) in [4.78, 5) is 31.1. The van der Waals surface area contributed by atoms with E-state index in [2.05, 4.69) is 4.98 Å². The van der Waals surface area contributed by atoms with Gasteiger partial charge in [-0.15, -0.1) is 0 Å². The molecule has 126 valence electrons. The topological polar surface area (TPSA) is 55.2 Å². The standard InChI is InChI=1S/C20H19N3O2/c1-13-7-9-14(10-8-13)11-15-12-18(24)23(19(15)25)20-21-16-5-3-4-6-17(16)22(20)2/h3-10,15H,11-12H2,1-2H3/t15-/m0/s1. The normalized spacial score (nSPS) is 17.7. The molecule has 1 aliphatic heterocycles. The van der Waals surface area contributed by atoms with Crippen molar-refractivity contribution in [3.8, 4) is 0 Å². The molecule has 2 heterocycles. The molecule has 0 unspecified atom stereocenters. The fourth-order valence-electron chi connectivity index (χ4n) is 3.41. The second-order valence-corrected chi connectivity index (χ2v) is 6.62. The predicted molar refractivity (Wildman–Crippen MR) is 96.2 cm³/mol. The lowest BCUT2D eigenvalue weighted by Crippen LogP contribution is -2.33. The summed E-state index contributed by atoms with van der Waals surface area (Å²) < 4.78 is 1.80. The van der Waals surface area contributed by atoms with E-state index in [0.29, 0.717) is 12.4 Å². The van der Waals surface area contributed by atoms with E-state index in [9.17, 15) is 9.59 Å². The molecule has 1 saturated heterocycles. The smallest absolute Gasteiger partial charge is 0.240 e. The van der Waals surface area contributed by atoms with Crippen molar-refractivity contribution in [2.75, 3.05) is 4.90 Å². The Kier molecular flexibility index (Phi) is 3.64. The maximum atomic E-state index is 12.9. The lowest BCUT2D eigenvalue weighted by Gasteiger charge is -2.14. The average molecular weight is 333 g/mol. The van der Waals surface area contributed by atoms with Crippen LogP contribution >= 0.6 is 0 Å². The third-order valence-electron chi connectivity index (χ3n) is 4.81. The van der Waals surface area contributed by atoms with Gasteiger partial charge in [0.25, 0.3) is 0 Å². The first-order chi connectivity index (χ1) is 12.0. The number of carbonyl (C=O) groups is 2. The van der Waals surface area contributed by atoms with E-state index in [1.165, 1.54) is 10.5 Å². The molecule has 5 heteroatoms. The van der Waals surface area contributed by atoms with Gasteiger partial charge in [0.2, 0.25) is 17.8 Å². The van der Waals surface area contributed by atoms with E-state index in [0.717, 1.165) is 16.6 Å². The fourth-order valence-corrected chi connectivity index (χ4v) is 3.41. The van der Waals surface area contributed by atoms with E-state index in [1.807, 2.05) is 62.5 Å². The molecule has 0 saturated carbocycles. The van der Waals surface area contributed by atoms with Crippen molar-refractivity contribution in [3.63, 3.8) is 0 Å². The molecular formula is C20H19N3O2. The number of imide groups is 1. The minimum atomic E-state index is -0.324. The van der Waals surface area contributed by atoms with Gasteiger partial charge in [-0.1, -0.05) is 42.0 Å². The Morgan fingerprint density at radius 1 is 1.08 bits per heavy atom. The summed E-state index contributed by atoms with van der Waals surface area (Å²) in [7, 11) is 1.83. The highest BCUT2D eigenvalue weighted by atomic mass is 16.2. The second-order valence-electron chi connectivity index (χ2n) is 6.62. The van der Waals surface area contributed by atoms with Crippen molar-refractivity contribution in [2.24, 2.45) is 13.0 Å². The zero-order valence-corrected chi connectivity index (χ0v) is 14.3. The predicted octanol–water partition coefficient (Wildman–Crippen LogP) is 3.00. The highest BCUT2D eigenvalue weighted by Crippen LogP contribution is 2.30. The van der Waals surface area contributed by atoms with Crippen molar-refractivity contribution in [1.82, 2.24) is 9.55 Å². The minimum Gasteiger partial charge on any atom is -0.312 e. The molecule has 0 aliphatic carbocycles. The summed E-state index contributed by atoms with van der Waals surface area (Å²) in [6.45, 7) is 2.03. The largest absolute Gasteiger partial charge is 0.312 e. The molecular weight excluding hydrogens is 314 g/mol. The van der Waals surface area contributed by atoms with Crippen LogP contribution in [-0.4, -0.2) is 21.4 Å². The molecule has 3 aromatic rings. The lowest BCUT2D eigenvalue weighted by molar-refractivity contribution is -0.122. The lowest BCUT2D eigenvalue weighted by atomic mass is 9.97. The molecule has 0 bridgehead atoms. The number of anilines is 1. The first kappa shape index (κ1) is 15.6. The SMILES string of the molecule is Cc1ccc(C[C@H]2CC(=O)N(c3nc4ccccc4n3C)C2=O)cc1. The van der Waals surface area contributed by atoms with Gasteiger partial charge in [-0.2, -0.15) is 0 Å². The summed E-state index contributed by atoms with van der Waals surface area (Å²) in [5.41, 5.74) is 3.94. The van der Waals surface area contributed by atoms with Crippen LogP contribution < -0.4 is 4.90 Å². The zero-order chi connectivity index (χ0) is 17.6. The van der Waals surface area contributed by atoms with Crippen LogP contribution in [0.15, 0.2) is 48.5 Å². The number of nitrogens with zero attached hydrogens (tertiary/aromatic N) is 3. The van der Waals surface area contributed by atoms with Crippen molar-refractivity contribution >= 4 is 28.8 Å². The molecule has 2 amide bonds. The van der Waals surface area contributed by atoms with E-state index in [4.69, 9.17) is 0 Å². The molecule has 1 aliphatic rings. The van der Waals surface area contributed by atoms with Gasteiger partial charge >= 0.3 is 0 Å². The molecule has 2 aromatic carbocycles. The first-order valence-corrected chi connectivity index (χ1v) is 8.38. The number of rotatable bonds is 3. The summed E-state index contributed by atoms with van der Waals surface area (Å²) in [5.74, 6) is -0.262. The van der Waals surface area contributed by atoms with Crippen molar-refractivity contribution in [1.29, 1.82) is 0 Å². The van der Waals surface area contributed by atoms with Crippen LogP contribution in [0.3, 0.4) is 0 Å². The van der Waals surface area contributed by atoms with E-state index in [1.54, 1.807) is 4.57 Å². The average Bonchev–Trinajstić information content (AvgIpc) is 3.07. The first-order valence-electron chi connectivity index (χ1n) is 8.38. The Morgan fingerprint density at radius 3 is 2.52 bits per heavy atom. The Labute approximate surface area is 145 Å². The maximum absolute atomic E-state index is 12.9. The molecule has 1 fully saturated rings. The van der Waals surface area contributed by atoms with Gasteiger partial charge in [0.05, 0.1) is 17.0 Å². The number of fused-ring (bicyclic) bond motifs is 1. The highest BCUT2D eigenvalue weighted by molar-refractivity contribution is 6.20. The van der Waals surface area contributed by atoms with Crippen molar-refractivity contribution < 1.29 is 9.59 Å². The van der Waals surface area contributed by atoms with E-state index >= 15 is 0 Å². The van der Waals surface area contributed by atoms with E-state index < -0.39 is 0 Å². The Bertz CT molecular complexity index is 972. The summed E-state index contributed by atoms with van der Waals surface area (Å²) >= 11 is 0. The van der Waals surface area contributed by atoms with Crippen molar-refractivity contribution in [2.45, 2.75) is 19.8 Å². The van der Waals surface area contributed by atoms with Gasteiger partial charge < -0.3 is 4.57 Å². The maximum Gasteiger partial charge on any atom is 0.240 e. The van der Waals surface area contributed by atoms with Gasteiger partial charge in [0.15, 0.2) is 0 Å². The van der Waals surface area contributed by atoms with Crippen LogP contribution in [0.2, 0.25) is 0 Å². The number of aromatic nitrogens is 2. The molecule has 5 nitrogen and oxygen atoms in total. The summed E-state index contributed by atoms with van der Waals surface area (Å²) in [5, 5.41) is 0. The molecule has 0 radical (unpaired) electrons. The zero-order valence-electron chi connectivity index (χ0n) is 14.3. The third-order valence-corrected chi connectivity index (χ3v) is 4.81. The van der Waals surface area contributed by atoms with Crippen LogP contribution in [0.1, 0.15) is 17.5 Å². The number of amides is 2. The Morgan fingerprint density at radius 2 is 1.80 bits per heavy atom. The molecule has 1 aromatic heterocycles. The second kappa shape index (κ2) is 5.84. The van der Waals surface area contributed by atoms with Gasteiger partial charge in [-0.05, 0) is 31.0 Å². The number of para-hydroxylation sites is 2. The molecule has 4 rings (SSSR count). The minimum absolute atomic E-state index is 0.163. The molecule has 25 heavy (non-hydrogen) atoms. The van der Waals surface area contributed by atoms with Gasteiger partial charge in [-0.3, -0.25) is 9.59 Å². The summed E-state index contributed by atoms with van der Waals surface area (Å²) in [6.07, 6.45) is 0.807. The Hall–Kier alpha value is -2.95. The van der Waals surface area contributed by atoms with Crippen LogP contribution in [0.4, 0.5) is 5.95 Å². The quantitative estimate of drug-likeness (QED) is 0.692. The van der Waals surface area contributed by atoms with Crippen molar-refractivity contribution in [3.05, 3.63) is 59.7 Å². The summed E-state index contributed by atoms with van der Waals surface area (Å²) in [6, 6.07) is 15.7.